The lowest BCUT2D eigenvalue weighted by Gasteiger charge is -2.12. The lowest BCUT2D eigenvalue weighted by molar-refractivity contribution is -0.704. The molecule has 0 radical (unpaired) electrons. The highest BCUT2D eigenvalue weighted by molar-refractivity contribution is 5.22. The quantitative estimate of drug-likeness (QED) is 0.151. The van der Waals surface area contributed by atoms with Crippen molar-refractivity contribution in [2.45, 2.75) is 110 Å². The zero-order valence-electron chi connectivity index (χ0n) is 22.0. The molecule has 0 aliphatic carbocycles. The van der Waals surface area contributed by atoms with E-state index in [4.69, 9.17) is 0 Å². The first kappa shape index (κ1) is 26.3. The number of benzene rings is 2. The fraction of sp³-hybridized carbons (Fsp3) is 0.531. The minimum absolute atomic E-state index is 0.521. The zero-order valence-corrected chi connectivity index (χ0v) is 22.0. The smallest absolute Gasteiger partial charge is 0.234 e. The van der Waals surface area contributed by atoms with Crippen molar-refractivity contribution in [3.05, 3.63) is 89.5 Å². The van der Waals surface area contributed by atoms with Gasteiger partial charge in [0.1, 0.15) is 11.9 Å². The summed E-state index contributed by atoms with van der Waals surface area (Å²) in [4.78, 5) is 0. The van der Waals surface area contributed by atoms with Gasteiger partial charge < -0.3 is 0 Å². The summed E-state index contributed by atoms with van der Waals surface area (Å²) in [6.45, 7) is 9.26. The first-order chi connectivity index (χ1) is 16.7. The Morgan fingerprint density at radius 2 is 1.35 bits per heavy atom. The monoisotopic (exact) mass is 459 g/mol. The van der Waals surface area contributed by atoms with E-state index in [-0.39, 0.29) is 0 Å². The third-order valence-electron chi connectivity index (χ3n) is 7.12. The number of hydrogen-bond donors (Lipinski definition) is 0. The average molecular weight is 460 g/mol. The summed E-state index contributed by atoms with van der Waals surface area (Å²) in [7, 11) is 0. The second-order valence-corrected chi connectivity index (χ2v) is 10.0. The molecule has 184 valence electrons. The van der Waals surface area contributed by atoms with E-state index in [9.17, 15) is 0 Å². The molecular formula is C32H47N2+. The molecule has 0 saturated heterocycles. The topological polar surface area (TPSA) is 8.81 Å². The van der Waals surface area contributed by atoms with Gasteiger partial charge in [0.05, 0.1) is 19.5 Å². The van der Waals surface area contributed by atoms with Gasteiger partial charge in [-0.25, -0.2) is 9.13 Å². The third kappa shape index (κ3) is 8.15. The van der Waals surface area contributed by atoms with Crippen LogP contribution in [0.15, 0.2) is 66.9 Å². The molecule has 1 atom stereocenters. The van der Waals surface area contributed by atoms with Gasteiger partial charge in [-0.1, -0.05) is 114 Å². The molecule has 0 saturated carbocycles. The molecular weight excluding hydrogens is 412 g/mol. The maximum atomic E-state index is 2.68. The highest BCUT2D eigenvalue weighted by atomic mass is 15.2. The standard InChI is InChI=1S/C32H47N2/c1-4-6-8-9-10-18-23-33-27-31(25-28(3)30-21-15-12-16-22-30)34(24-17-7-5-2)32(33)26-29-19-13-11-14-20-29/h11-16,19-22,27-28H,4-10,17-18,23-26H2,1-3H3/q+1. The number of imidazole rings is 1. The van der Waals surface area contributed by atoms with E-state index in [0.29, 0.717) is 5.92 Å². The van der Waals surface area contributed by atoms with Crippen molar-refractivity contribution in [1.82, 2.24) is 4.57 Å². The van der Waals surface area contributed by atoms with Crippen LogP contribution in [0.25, 0.3) is 0 Å². The molecule has 3 aromatic rings. The van der Waals surface area contributed by atoms with Gasteiger partial charge in [0.15, 0.2) is 0 Å². The molecule has 1 aromatic heterocycles. The Bertz CT molecular complexity index is 926. The molecule has 34 heavy (non-hydrogen) atoms. The molecule has 0 aliphatic heterocycles. The Hall–Kier alpha value is -2.35. The summed E-state index contributed by atoms with van der Waals surface area (Å²) in [6.07, 6.45) is 16.5. The molecule has 0 bridgehead atoms. The van der Waals surface area contributed by atoms with Crippen LogP contribution >= 0.6 is 0 Å². The van der Waals surface area contributed by atoms with Crippen molar-refractivity contribution < 1.29 is 4.57 Å². The Kier molecular flexibility index (Phi) is 11.4. The zero-order chi connectivity index (χ0) is 24.0. The van der Waals surface area contributed by atoms with Gasteiger partial charge in [-0.2, -0.15) is 0 Å². The Morgan fingerprint density at radius 1 is 0.735 bits per heavy atom. The normalized spacial score (nSPS) is 12.2. The molecule has 2 heteroatoms. The van der Waals surface area contributed by atoms with E-state index >= 15 is 0 Å². The largest absolute Gasteiger partial charge is 0.261 e. The van der Waals surface area contributed by atoms with Gasteiger partial charge in [0.2, 0.25) is 0 Å². The van der Waals surface area contributed by atoms with Crippen molar-refractivity contribution in [3.63, 3.8) is 0 Å². The second-order valence-electron chi connectivity index (χ2n) is 10.0. The predicted octanol–water partition coefficient (Wildman–Crippen LogP) is 8.26. The molecule has 0 amide bonds. The van der Waals surface area contributed by atoms with Gasteiger partial charge in [-0.3, -0.25) is 0 Å². The summed E-state index contributed by atoms with van der Waals surface area (Å²) < 4.78 is 5.28. The van der Waals surface area contributed by atoms with Crippen LogP contribution in [-0.4, -0.2) is 4.57 Å². The third-order valence-corrected chi connectivity index (χ3v) is 7.12. The highest BCUT2D eigenvalue weighted by Gasteiger charge is 2.25. The molecule has 0 fully saturated rings. The summed E-state index contributed by atoms with van der Waals surface area (Å²) in [6, 6.07) is 22.1. The van der Waals surface area contributed by atoms with Crippen molar-refractivity contribution >= 4 is 0 Å². The Labute approximate surface area is 209 Å². The lowest BCUT2D eigenvalue weighted by atomic mass is 9.96. The van der Waals surface area contributed by atoms with E-state index in [2.05, 4.69) is 96.8 Å². The summed E-state index contributed by atoms with van der Waals surface area (Å²) >= 11 is 0. The minimum Gasteiger partial charge on any atom is -0.234 e. The highest BCUT2D eigenvalue weighted by Crippen LogP contribution is 2.22. The van der Waals surface area contributed by atoms with Gasteiger partial charge in [-0.05, 0) is 42.7 Å². The van der Waals surface area contributed by atoms with Crippen molar-refractivity contribution in [2.75, 3.05) is 0 Å². The maximum absolute atomic E-state index is 2.68. The SMILES string of the molecule is CCCCCCCC[n+]1cc(CC(C)c2ccccc2)n(CCCCC)c1Cc1ccccc1. The van der Waals surface area contributed by atoms with Gasteiger partial charge in [0.25, 0.3) is 5.82 Å². The van der Waals surface area contributed by atoms with E-state index in [1.165, 1.54) is 80.4 Å². The number of unbranched alkanes of at least 4 members (excludes halogenated alkanes) is 7. The average Bonchev–Trinajstić information content (AvgIpc) is 3.18. The molecule has 2 aromatic carbocycles. The van der Waals surface area contributed by atoms with Crippen molar-refractivity contribution in [1.29, 1.82) is 0 Å². The van der Waals surface area contributed by atoms with E-state index < -0.39 is 0 Å². The number of aryl methyl sites for hydroxylation is 1. The van der Waals surface area contributed by atoms with E-state index in [0.717, 1.165) is 25.9 Å². The Morgan fingerprint density at radius 3 is 2.06 bits per heavy atom. The van der Waals surface area contributed by atoms with Crippen LogP contribution < -0.4 is 4.57 Å². The molecule has 1 unspecified atom stereocenters. The molecule has 0 aliphatic rings. The van der Waals surface area contributed by atoms with Crippen LogP contribution in [0.1, 0.15) is 107 Å². The van der Waals surface area contributed by atoms with Crippen LogP contribution in [-0.2, 0) is 25.9 Å². The Balaban J connectivity index is 1.85. The minimum atomic E-state index is 0.521. The molecule has 2 nitrogen and oxygen atoms in total. The fourth-order valence-corrected chi connectivity index (χ4v) is 5.05. The number of rotatable bonds is 16. The summed E-state index contributed by atoms with van der Waals surface area (Å²) in [5, 5.41) is 0. The lowest BCUT2D eigenvalue weighted by Crippen LogP contribution is -2.37. The van der Waals surface area contributed by atoms with Crippen molar-refractivity contribution in [2.24, 2.45) is 0 Å². The first-order valence-corrected chi connectivity index (χ1v) is 13.9. The predicted molar refractivity (Wildman–Crippen MR) is 145 cm³/mol. The number of nitrogens with zero attached hydrogens (tertiary/aromatic N) is 2. The van der Waals surface area contributed by atoms with E-state index in [1.807, 2.05) is 0 Å². The van der Waals surface area contributed by atoms with Gasteiger partial charge in [0, 0.05) is 6.42 Å². The first-order valence-electron chi connectivity index (χ1n) is 13.9. The molecule has 0 spiro atoms. The number of aromatic nitrogens is 2. The van der Waals surface area contributed by atoms with Gasteiger partial charge >= 0.3 is 0 Å². The van der Waals surface area contributed by atoms with Crippen LogP contribution in [0.5, 0.6) is 0 Å². The van der Waals surface area contributed by atoms with Crippen LogP contribution in [0.3, 0.4) is 0 Å². The van der Waals surface area contributed by atoms with Crippen LogP contribution in [0, 0.1) is 0 Å². The van der Waals surface area contributed by atoms with Crippen LogP contribution in [0.2, 0.25) is 0 Å². The summed E-state index contributed by atoms with van der Waals surface area (Å²) in [5.74, 6) is 2.01. The molecule has 3 rings (SSSR count). The number of hydrogen-bond acceptors (Lipinski definition) is 0. The molecule has 1 heterocycles. The van der Waals surface area contributed by atoms with Gasteiger partial charge in [-0.15, -0.1) is 0 Å². The van der Waals surface area contributed by atoms with Crippen LogP contribution in [0.4, 0.5) is 0 Å². The summed E-state index contributed by atoms with van der Waals surface area (Å²) in [5.41, 5.74) is 4.36. The van der Waals surface area contributed by atoms with Crippen molar-refractivity contribution in [3.8, 4) is 0 Å². The fourth-order valence-electron chi connectivity index (χ4n) is 5.05. The van der Waals surface area contributed by atoms with E-state index in [1.54, 1.807) is 0 Å². The second kappa shape index (κ2) is 14.8. The maximum Gasteiger partial charge on any atom is 0.261 e. The molecule has 0 N–H and O–H groups in total.